The van der Waals surface area contributed by atoms with Crippen LogP contribution in [-0.4, -0.2) is 34.4 Å². The molecule has 0 amide bonds. The van der Waals surface area contributed by atoms with E-state index in [1.807, 2.05) is 36.4 Å². The lowest BCUT2D eigenvalue weighted by molar-refractivity contribution is 0.400. The number of thioether (sulfide) groups is 1. The minimum absolute atomic E-state index is 0.644. The van der Waals surface area contributed by atoms with Crippen molar-refractivity contribution in [1.82, 2.24) is 20.2 Å². The number of hydrogen-bond acceptors (Lipinski definition) is 6. The first-order valence-electron chi connectivity index (χ1n) is 7.44. The van der Waals surface area contributed by atoms with Gasteiger partial charge in [-0.25, -0.2) is 4.68 Å². The molecule has 0 N–H and O–H groups in total. The zero-order chi connectivity index (χ0) is 16.8. The molecule has 1 aromatic heterocycles. The number of benzene rings is 2. The summed E-state index contributed by atoms with van der Waals surface area (Å²) in [5.74, 6) is 2.32. The fourth-order valence-electron chi connectivity index (χ4n) is 2.29. The summed E-state index contributed by atoms with van der Waals surface area (Å²) in [7, 11) is 3.31. The molecule has 0 fully saturated rings. The Bertz CT molecular complexity index is 792. The van der Waals surface area contributed by atoms with Gasteiger partial charge in [-0.15, -0.1) is 5.10 Å². The quantitative estimate of drug-likeness (QED) is 0.615. The molecule has 7 heteroatoms. The van der Waals surface area contributed by atoms with E-state index in [4.69, 9.17) is 9.47 Å². The zero-order valence-electron chi connectivity index (χ0n) is 13.5. The second kappa shape index (κ2) is 7.83. The number of hydrogen-bond donors (Lipinski definition) is 0. The van der Waals surface area contributed by atoms with Gasteiger partial charge in [0.15, 0.2) is 0 Å². The minimum atomic E-state index is 0.644. The first-order chi connectivity index (χ1) is 11.8. The highest BCUT2D eigenvalue weighted by Gasteiger charge is 2.11. The third-order valence-corrected chi connectivity index (χ3v) is 4.52. The highest BCUT2D eigenvalue weighted by Crippen LogP contribution is 2.30. The Hall–Kier alpha value is -2.54. The third-order valence-electron chi connectivity index (χ3n) is 3.52. The van der Waals surface area contributed by atoms with Crippen molar-refractivity contribution in [2.24, 2.45) is 0 Å². The maximum Gasteiger partial charge on any atom is 0.209 e. The minimum Gasteiger partial charge on any atom is -0.497 e. The van der Waals surface area contributed by atoms with Crippen molar-refractivity contribution < 1.29 is 9.47 Å². The molecule has 24 heavy (non-hydrogen) atoms. The van der Waals surface area contributed by atoms with Gasteiger partial charge in [-0.3, -0.25) is 0 Å². The number of ether oxygens (including phenoxy) is 2. The summed E-state index contributed by atoms with van der Waals surface area (Å²) in [6.07, 6.45) is 0. The van der Waals surface area contributed by atoms with Crippen LogP contribution in [0.3, 0.4) is 0 Å². The molecule has 0 aliphatic heterocycles. The van der Waals surface area contributed by atoms with Gasteiger partial charge < -0.3 is 9.47 Å². The number of aromatic nitrogens is 4. The van der Waals surface area contributed by atoms with Gasteiger partial charge in [0.05, 0.1) is 20.8 Å². The fourth-order valence-corrected chi connectivity index (χ4v) is 3.15. The summed E-state index contributed by atoms with van der Waals surface area (Å²) in [4.78, 5) is 0. The van der Waals surface area contributed by atoms with Crippen molar-refractivity contribution in [1.29, 1.82) is 0 Å². The Labute approximate surface area is 144 Å². The van der Waals surface area contributed by atoms with Crippen LogP contribution < -0.4 is 9.47 Å². The van der Waals surface area contributed by atoms with E-state index in [2.05, 4.69) is 27.7 Å². The average molecular weight is 342 g/mol. The van der Waals surface area contributed by atoms with E-state index in [1.54, 1.807) is 30.7 Å². The van der Waals surface area contributed by atoms with Gasteiger partial charge in [-0.05, 0) is 34.2 Å². The molecule has 6 nitrogen and oxygen atoms in total. The first kappa shape index (κ1) is 16.3. The lowest BCUT2D eigenvalue weighted by atomic mass is 10.2. The SMILES string of the molecule is COc1ccc(OC)c(CSc2nnnn2Cc2ccccc2)c1. The van der Waals surface area contributed by atoms with Gasteiger partial charge in [0.25, 0.3) is 0 Å². The monoisotopic (exact) mass is 342 g/mol. The molecule has 0 spiro atoms. The van der Waals surface area contributed by atoms with Gasteiger partial charge in [0.2, 0.25) is 5.16 Å². The summed E-state index contributed by atoms with van der Waals surface area (Å²) in [5, 5.41) is 12.8. The lowest BCUT2D eigenvalue weighted by Gasteiger charge is -2.10. The van der Waals surface area contributed by atoms with Crippen LogP contribution in [-0.2, 0) is 12.3 Å². The molecule has 0 aliphatic carbocycles. The predicted octanol–water partition coefficient (Wildman–Crippen LogP) is 3.03. The summed E-state index contributed by atoms with van der Waals surface area (Å²) in [5.41, 5.74) is 2.20. The van der Waals surface area contributed by atoms with E-state index in [9.17, 15) is 0 Å². The lowest BCUT2D eigenvalue weighted by Crippen LogP contribution is -2.04. The van der Waals surface area contributed by atoms with Gasteiger partial charge in [0.1, 0.15) is 11.5 Å². The number of rotatable bonds is 7. The van der Waals surface area contributed by atoms with Crippen LogP contribution in [0.15, 0.2) is 53.7 Å². The number of tetrazole rings is 1. The Kier molecular flexibility index (Phi) is 5.32. The fraction of sp³-hybridized carbons (Fsp3) is 0.235. The Morgan fingerprint density at radius 3 is 2.62 bits per heavy atom. The van der Waals surface area contributed by atoms with E-state index in [-0.39, 0.29) is 0 Å². The van der Waals surface area contributed by atoms with E-state index in [1.165, 1.54) is 0 Å². The molecule has 124 valence electrons. The van der Waals surface area contributed by atoms with Crippen molar-refractivity contribution in [3.63, 3.8) is 0 Å². The third kappa shape index (κ3) is 3.86. The van der Waals surface area contributed by atoms with Gasteiger partial charge >= 0.3 is 0 Å². The molecule has 0 saturated carbocycles. The summed E-state index contributed by atoms with van der Waals surface area (Å²) in [6, 6.07) is 15.9. The topological polar surface area (TPSA) is 62.1 Å². The highest BCUT2D eigenvalue weighted by molar-refractivity contribution is 7.98. The molecule has 0 bridgehead atoms. The highest BCUT2D eigenvalue weighted by atomic mass is 32.2. The summed E-state index contributed by atoms with van der Waals surface area (Å²) < 4.78 is 12.5. The number of nitrogens with zero attached hydrogens (tertiary/aromatic N) is 4. The van der Waals surface area contributed by atoms with Crippen molar-refractivity contribution in [2.75, 3.05) is 14.2 Å². The molecule has 3 aromatic rings. The molecule has 3 rings (SSSR count). The molecular formula is C17H18N4O2S. The van der Waals surface area contributed by atoms with Crippen LogP contribution in [0.2, 0.25) is 0 Å². The van der Waals surface area contributed by atoms with Crippen molar-refractivity contribution in [3.8, 4) is 11.5 Å². The molecule has 0 unspecified atom stereocenters. The summed E-state index contributed by atoms with van der Waals surface area (Å²) in [6.45, 7) is 0.644. The van der Waals surface area contributed by atoms with E-state index in [0.29, 0.717) is 12.3 Å². The molecular weight excluding hydrogens is 324 g/mol. The van der Waals surface area contributed by atoms with Crippen LogP contribution in [0, 0.1) is 0 Å². The molecule has 1 heterocycles. The average Bonchev–Trinajstić information content (AvgIpc) is 3.07. The van der Waals surface area contributed by atoms with Gasteiger partial charge in [-0.1, -0.05) is 42.1 Å². The molecule has 0 saturated heterocycles. The Balaban J connectivity index is 1.73. The maximum atomic E-state index is 5.41. The van der Waals surface area contributed by atoms with E-state index < -0.39 is 0 Å². The Morgan fingerprint density at radius 2 is 1.88 bits per heavy atom. The zero-order valence-corrected chi connectivity index (χ0v) is 14.4. The predicted molar refractivity (Wildman–Crippen MR) is 92.5 cm³/mol. The number of methoxy groups -OCH3 is 2. The van der Waals surface area contributed by atoms with E-state index in [0.717, 1.165) is 27.8 Å². The van der Waals surface area contributed by atoms with Crippen LogP contribution in [0.1, 0.15) is 11.1 Å². The van der Waals surface area contributed by atoms with Crippen molar-refractivity contribution >= 4 is 11.8 Å². The smallest absolute Gasteiger partial charge is 0.209 e. The van der Waals surface area contributed by atoms with Crippen molar-refractivity contribution in [2.45, 2.75) is 17.5 Å². The van der Waals surface area contributed by atoms with Gasteiger partial charge in [0, 0.05) is 11.3 Å². The second-order valence-corrected chi connectivity index (χ2v) is 6.01. The van der Waals surface area contributed by atoms with Crippen LogP contribution >= 0.6 is 11.8 Å². The first-order valence-corrected chi connectivity index (χ1v) is 8.42. The molecule has 2 aromatic carbocycles. The maximum absolute atomic E-state index is 5.41. The van der Waals surface area contributed by atoms with Crippen LogP contribution in [0.4, 0.5) is 0 Å². The molecule has 0 atom stereocenters. The molecule has 0 radical (unpaired) electrons. The summed E-state index contributed by atoms with van der Waals surface area (Å²) >= 11 is 1.57. The normalized spacial score (nSPS) is 10.6. The Morgan fingerprint density at radius 1 is 1.04 bits per heavy atom. The standard InChI is InChI=1S/C17H18N4O2S/c1-22-15-8-9-16(23-2)14(10-15)12-24-17-18-19-20-21(17)11-13-6-4-3-5-7-13/h3-10H,11-12H2,1-2H3. The van der Waals surface area contributed by atoms with Crippen LogP contribution in [0.5, 0.6) is 11.5 Å². The van der Waals surface area contributed by atoms with Gasteiger partial charge in [-0.2, -0.15) is 0 Å². The van der Waals surface area contributed by atoms with Crippen LogP contribution in [0.25, 0.3) is 0 Å². The van der Waals surface area contributed by atoms with Crippen molar-refractivity contribution in [3.05, 3.63) is 59.7 Å². The largest absolute Gasteiger partial charge is 0.497 e. The van der Waals surface area contributed by atoms with E-state index >= 15 is 0 Å². The molecule has 0 aliphatic rings. The second-order valence-electron chi connectivity index (χ2n) is 5.07.